The van der Waals surface area contributed by atoms with Crippen LogP contribution in [-0.2, 0) is 6.42 Å². The molecule has 66 valence electrons. The summed E-state index contributed by atoms with van der Waals surface area (Å²) >= 11 is 11.4. The van der Waals surface area contributed by atoms with Crippen LogP contribution >= 0.6 is 23.2 Å². The molecule has 1 aromatic carbocycles. The van der Waals surface area contributed by atoms with Crippen LogP contribution in [0.15, 0.2) is 12.1 Å². The van der Waals surface area contributed by atoms with Crippen molar-refractivity contribution in [3.05, 3.63) is 27.7 Å². The van der Waals surface area contributed by atoms with Gasteiger partial charge in [0.2, 0.25) is 0 Å². The summed E-state index contributed by atoms with van der Waals surface area (Å²) in [6.07, 6.45) is 0.708. The maximum absolute atomic E-state index is 9.20. The first-order valence-electron chi connectivity index (χ1n) is 3.52. The predicted molar refractivity (Wildman–Crippen MR) is 50.9 cm³/mol. The van der Waals surface area contributed by atoms with Crippen LogP contribution in [0.3, 0.4) is 0 Å². The van der Waals surface area contributed by atoms with Gasteiger partial charge < -0.3 is 10.8 Å². The second-order valence-corrected chi connectivity index (χ2v) is 3.26. The monoisotopic (exact) mass is 205 g/mol. The molecule has 4 heteroatoms. The van der Waals surface area contributed by atoms with Gasteiger partial charge in [0.1, 0.15) is 0 Å². The standard InChI is InChI=1S/C8H9Cl2NO/c9-6-3-5(1-2-11)4-7(10)8(6)12/h3-4,12H,1-2,11H2. The molecule has 0 aromatic heterocycles. The number of phenols is 1. The number of rotatable bonds is 2. The minimum Gasteiger partial charge on any atom is -0.505 e. The van der Waals surface area contributed by atoms with Crippen molar-refractivity contribution in [2.45, 2.75) is 6.42 Å². The lowest BCUT2D eigenvalue weighted by Crippen LogP contribution is -2.02. The Bertz CT molecular complexity index is 265. The van der Waals surface area contributed by atoms with Crippen molar-refractivity contribution in [1.82, 2.24) is 0 Å². The maximum Gasteiger partial charge on any atom is 0.152 e. The Balaban J connectivity index is 3.04. The van der Waals surface area contributed by atoms with Gasteiger partial charge in [-0.05, 0) is 30.7 Å². The number of aromatic hydroxyl groups is 1. The van der Waals surface area contributed by atoms with Gasteiger partial charge in [-0.25, -0.2) is 0 Å². The van der Waals surface area contributed by atoms with Crippen molar-refractivity contribution in [2.24, 2.45) is 5.73 Å². The third kappa shape index (κ3) is 2.03. The van der Waals surface area contributed by atoms with E-state index in [1.807, 2.05) is 0 Å². The molecule has 3 N–H and O–H groups in total. The van der Waals surface area contributed by atoms with Crippen molar-refractivity contribution < 1.29 is 5.11 Å². The predicted octanol–water partition coefficient (Wildman–Crippen LogP) is 2.20. The molecule has 0 aliphatic heterocycles. The molecule has 0 radical (unpaired) electrons. The fraction of sp³-hybridized carbons (Fsp3) is 0.250. The largest absolute Gasteiger partial charge is 0.505 e. The molecule has 0 aliphatic rings. The van der Waals surface area contributed by atoms with Crippen molar-refractivity contribution in [2.75, 3.05) is 6.54 Å². The molecule has 1 rings (SSSR count). The molecular weight excluding hydrogens is 197 g/mol. The van der Waals surface area contributed by atoms with E-state index in [0.717, 1.165) is 5.56 Å². The van der Waals surface area contributed by atoms with Crippen LogP contribution in [0.1, 0.15) is 5.56 Å². The van der Waals surface area contributed by atoms with E-state index in [9.17, 15) is 5.11 Å². The summed E-state index contributed by atoms with van der Waals surface area (Å²) < 4.78 is 0. The van der Waals surface area contributed by atoms with Crippen LogP contribution in [-0.4, -0.2) is 11.7 Å². The fourth-order valence-corrected chi connectivity index (χ4v) is 1.46. The molecule has 0 unspecified atom stereocenters. The number of halogens is 2. The molecule has 0 saturated carbocycles. The first-order valence-corrected chi connectivity index (χ1v) is 4.27. The lowest BCUT2D eigenvalue weighted by atomic mass is 10.1. The van der Waals surface area contributed by atoms with E-state index in [-0.39, 0.29) is 15.8 Å². The van der Waals surface area contributed by atoms with Gasteiger partial charge in [0.05, 0.1) is 10.0 Å². The van der Waals surface area contributed by atoms with E-state index in [1.165, 1.54) is 0 Å². The van der Waals surface area contributed by atoms with Crippen LogP contribution in [0.25, 0.3) is 0 Å². The highest BCUT2D eigenvalue weighted by Crippen LogP contribution is 2.32. The SMILES string of the molecule is NCCc1cc(Cl)c(O)c(Cl)c1. The Labute approximate surface area is 80.9 Å². The summed E-state index contributed by atoms with van der Waals surface area (Å²) in [7, 11) is 0. The van der Waals surface area contributed by atoms with Gasteiger partial charge in [-0.1, -0.05) is 23.2 Å². The van der Waals surface area contributed by atoms with E-state index < -0.39 is 0 Å². The lowest BCUT2D eigenvalue weighted by molar-refractivity contribution is 0.475. The highest BCUT2D eigenvalue weighted by Gasteiger charge is 2.05. The van der Waals surface area contributed by atoms with Gasteiger partial charge in [0.25, 0.3) is 0 Å². The van der Waals surface area contributed by atoms with Gasteiger partial charge in [-0.15, -0.1) is 0 Å². The number of hydrogen-bond acceptors (Lipinski definition) is 2. The molecule has 0 aliphatic carbocycles. The van der Waals surface area contributed by atoms with Crippen molar-refractivity contribution in [3.63, 3.8) is 0 Å². The molecule has 0 atom stereocenters. The first kappa shape index (κ1) is 9.65. The lowest BCUT2D eigenvalue weighted by Gasteiger charge is -2.03. The van der Waals surface area contributed by atoms with Gasteiger partial charge in [-0.3, -0.25) is 0 Å². The third-order valence-electron chi connectivity index (χ3n) is 1.51. The van der Waals surface area contributed by atoms with Gasteiger partial charge in [0.15, 0.2) is 5.75 Å². The van der Waals surface area contributed by atoms with E-state index in [0.29, 0.717) is 13.0 Å². The summed E-state index contributed by atoms with van der Waals surface area (Å²) in [5.41, 5.74) is 6.29. The third-order valence-corrected chi connectivity index (χ3v) is 2.09. The van der Waals surface area contributed by atoms with Crippen LogP contribution in [0.5, 0.6) is 5.75 Å². The quantitative estimate of drug-likeness (QED) is 0.779. The smallest absolute Gasteiger partial charge is 0.152 e. The Morgan fingerprint density at radius 1 is 1.25 bits per heavy atom. The van der Waals surface area contributed by atoms with Gasteiger partial charge in [-0.2, -0.15) is 0 Å². The summed E-state index contributed by atoms with van der Waals surface area (Å²) in [5, 5.41) is 9.74. The topological polar surface area (TPSA) is 46.2 Å². The average Bonchev–Trinajstić information content (AvgIpc) is 2.01. The zero-order valence-electron chi connectivity index (χ0n) is 6.35. The highest BCUT2D eigenvalue weighted by atomic mass is 35.5. The summed E-state index contributed by atoms with van der Waals surface area (Å²) in [6.45, 7) is 0.539. The number of hydrogen-bond donors (Lipinski definition) is 2. The number of benzene rings is 1. The molecule has 0 heterocycles. The van der Waals surface area contributed by atoms with E-state index >= 15 is 0 Å². The molecule has 12 heavy (non-hydrogen) atoms. The average molecular weight is 206 g/mol. The molecule has 1 aromatic rings. The van der Waals surface area contributed by atoms with E-state index in [4.69, 9.17) is 28.9 Å². The molecule has 0 fully saturated rings. The fourth-order valence-electron chi connectivity index (χ4n) is 0.929. The highest BCUT2D eigenvalue weighted by molar-refractivity contribution is 6.37. The Kier molecular flexibility index (Phi) is 3.20. The van der Waals surface area contributed by atoms with Crippen LogP contribution in [0.4, 0.5) is 0 Å². The Morgan fingerprint density at radius 3 is 2.17 bits per heavy atom. The van der Waals surface area contributed by atoms with Gasteiger partial charge >= 0.3 is 0 Å². The minimum atomic E-state index is -0.0703. The zero-order valence-corrected chi connectivity index (χ0v) is 7.86. The summed E-state index contributed by atoms with van der Waals surface area (Å²) in [6, 6.07) is 3.32. The molecule has 0 saturated heterocycles. The number of phenolic OH excluding ortho intramolecular Hbond substituents is 1. The summed E-state index contributed by atoms with van der Waals surface area (Å²) in [5.74, 6) is -0.0703. The number of nitrogens with two attached hydrogens (primary N) is 1. The molecule has 0 bridgehead atoms. The Morgan fingerprint density at radius 2 is 1.75 bits per heavy atom. The second-order valence-electron chi connectivity index (χ2n) is 2.45. The first-order chi connectivity index (χ1) is 5.65. The maximum atomic E-state index is 9.20. The van der Waals surface area contributed by atoms with Crippen LogP contribution < -0.4 is 5.73 Å². The van der Waals surface area contributed by atoms with Crippen molar-refractivity contribution >= 4 is 23.2 Å². The summed E-state index contributed by atoms with van der Waals surface area (Å²) in [4.78, 5) is 0. The zero-order chi connectivity index (χ0) is 9.14. The van der Waals surface area contributed by atoms with Crippen LogP contribution in [0, 0.1) is 0 Å². The normalized spacial score (nSPS) is 10.2. The molecule has 2 nitrogen and oxygen atoms in total. The van der Waals surface area contributed by atoms with Gasteiger partial charge in [0, 0.05) is 0 Å². The molecule has 0 amide bonds. The van der Waals surface area contributed by atoms with Crippen LogP contribution in [0.2, 0.25) is 10.0 Å². The van der Waals surface area contributed by atoms with Crippen molar-refractivity contribution in [1.29, 1.82) is 0 Å². The minimum absolute atomic E-state index is 0.0703. The van der Waals surface area contributed by atoms with E-state index in [1.54, 1.807) is 12.1 Å². The van der Waals surface area contributed by atoms with Crippen molar-refractivity contribution in [3.8, 4) is 5.75 Å². The Hall–Kier alpha value is -0.440. The second kappa shape index (κ2) is 3.99. The van der Waals surface area contributed by atoms with E-state index in [2.05, 4.69) is 0 Å². The molecule has 0 spiro atoms. The molecular formula is C8H9Cl2NO.